The van der Waals surface area contributed by atoms with E-state index in [1.54, 1.807) is 0 Å². The molecule has 0 amide bonds. The zero-order chi connectivity index (χ0) is 52.5. The van der Waals surface area contributed by atoms with Gasteiger partial charge in [-0.1, -0.05) is 222 Å². The lowest BCUT2D eigenvalue weighted by molar-refractivity contribution is 0.468. The van der Waals surface area contributed by atoms with Gasteiger partial charge >= 0.3 is 0 Å². The highest BCUT2D eigenvalue weighted by Crippen LogP contribution is 2.53. The number of aromatic nitrogens is 1. The summed E-state index contributed by atoms with van der Waals surface area (Å²) >= 11 is 0. The van der Waals surface area contributed by atoms with Gasteiger partial charge in [0.1, 0.15) is 0 Å². The van der Waals surface area contributed by atoms with Gasteiger partial charge in [-0.2, -0.15) is 0 Å². The standard InChI is InChI=1S/C71H74BN3/c1-45-38-51(71(11,12)13)42-56-55-41-50(70(8,9)10)34-37-61(55)73(67(45)56)52-43-64-66-65(44-52)75(60-36-33-49(69(5,6)7)40-54(60)47-26-18-15-19-27-47)63-31-23-21-29-58(63)72(66)57-28-20-22-30-62(57)74(64)59-35-32-48(68(2,3)4)39-53(59)46-24-16-14-17-25-46/h14-30,32-37,39-45,63H,31,38H2,1-13H3. The highest BCUT2D eigenvalue weighted by atomic mass is 15.2. The maximum Gasteiger partial charge on any atom is 0.247 e. The Morgan fingerprint density at radius 2 is 1.08 bits per heavy atom. The SMILES string of the molecule is CC1CC(C(C)(C)C)=Cc2c1n(-c1cc3c4c(c1)N(c1ccc(C(C)(C)C)cc1-c1ccccc1)C1CC=CC=C1B4c1ccccc1N3c1ccc(C(C)(C)C)cc1-c1ccccc1)c1ccc(C(C)(C)C)cc21. The first-order chi connectivity index (χ1) is 35.7. The van der Waals surface area contributed by atoms with E-state index >= 15 is 0 Å². The molecule has 0 saturated heterocycles. The fourth-order valence-corrected chi connectivity index (χ4v) is 12.9. The molecule has 0 saturated carbocycles. The normalized spacial score (nSPS) is 17.3. The van der Waals surface area contributed by atoms with Crippen molar-refractivity contribution in [3.63, 3.8) is 0 Å². The van der Waals surface area contributed by atoms with Crippen LogP contribution in [0, 0.1) is 5.41 Å². The van der Waals surface area contributed by atoms with Gasteiger partial charge in [-0.05, 0) is 128 Å². The van der Waals surface area contributed by atoms with Gasteiger partial charge in [0.2, 0.25) is 6.71 Å². The van der Waals surface area contributed by atoms with Crippen LogP contribution in [0.1, 0.15) is 137 Å². The van der Waals surface area contributed by atoms with Crippen LogP contribution in [-0.2, 0) is 16.2 Å². The monoisotopic (exact) mass is 980 g/mol. The van der Waals surface area contributed by atoms with Gasteiger partial charge in [-0.3, -0.25) is 0 Å². The van der Waals surface area contributed by atoms with E-state index in [0.717, 1.165) is 12.8 Å². The van der Waals surface area contributed by atoms with E-state index in [9.17, 15) is 0 Å². The lowest BCUT2D eigenvalue weighted by Gasteiger charge is -2.49. The van der Waals surface area contributed by atoms with Gasteiger partial charge in [-0.15, -0.1) is 0 Å². The third kappa shape index (κ3) is 8.17. The van der Waals surface area contributed by atoms with E-state index in [4.69, 9.17) is 0 Å². The van der Waals surface area contributed by atoms with Crippen LogP contribution in [0.3, 0.4) is 0 Å². The summed E-state index contributed by atoms with van der Waals surface area (Å²) in [5.74, 6) is 0.292. The molecule has 0 N–H and O–H groups in total. The summed E-state index contributed by atoms with van der Waals surface area (Å²) in [6.45, 7) is 30.8. The molecule has 7 aromatic carbocycles. The number of benzene rings is 7. The van der Waals surface area contributed by atoms with Crippen molar-refractivity contribution in [2.75, 3.05) is 9.80 Å². The summed E-state index contributed by atoms with van der Waals surface area (Å²) in [5, 5.41) is 1.34. The molecule has 8 aromatic rings. The van der Waals surface area contributed by atoms with Crippen LogP contribution in [0.25, 0.3) is 44.9 Å². The Labute approximate surface area is 448 Å². The molecule has 3 heterocycles. The summed E-state index contributed by atoms with van der Waals surface area (Å²) in [7, 11) is 0. The van der Waals surface area contributed by atoms with Gasteiger partial charge in [0.05, 0.1) is 17.2 Å². The van der Waals surface area contributed by atoms with Gasteiger partial charge < -0.3 is 14.4 Å². The van der Waals surface area contributed by atoms with Crippen molar-refractivity contribution in [1.29, 1.82) is 0 Å². The van der Waals surface area contributed by atoms with E-state index in [0.29, 0.717) is 5.92 Å². The Morgan fingerprint density at radius 1 is 0.520 bits per heavy atom. The van der Waals surface area contributed by atoms with Crippen molar-refractivity contribution in [1.82, 2.24) is 4.57 Å². The molecule has 2 aliphatic carbocycles. The van der Waals surface area contributed by atoms with E-state index in [2.05, 4.69) is 280 Å². The number of para-hydroxylation sites is 1. The molecule has 0 bridgehead atoms. The molecule has 2 atom stereocenters. The Hall–Kier alpha value is -7.04. The van der Waals surface area contributed by atoms with Crippen molar-refractivity contribution in [3.8, 4) is 27.9 Å². The Bertz CT molecular complexity index is 3670. The number of nitrogens with zero attached hydrogens (tertiary/aromatic N) is 3. The predicted octanol–water partition coefficient (Wildman–Crippen LogP) is 18.1. The molecule has 2 unspecified atom stereocenters. The minimum Gasteiger partial charge on any atom is -0.334 e. The van der Waals surface area contributed by atoms with Gasteiger partial charge in [0.15, 0.2) is 0 Å². The van der Waals surface area contributed by atoms with Crippen LogP contribution >= 0.6 is 0 Å². The molecule has 0 spiro atoms. The minimum atomic E-state index is -0.0407. The predicted molar refractivity (Wildman–Crippen MR) is 325 cm³/mol. The van der Waals surface area contributed by atoms with Gasteiger partial charge in [0, 0.05) is 62.1 Å². The fraction of sp³-hybridized carbons (Fsp3) is 0.296. The summed E-state index contributed by atoms with van der Waals surface area (Å²) in [4.78, 5) is 5.42. The molecule has 376 valence electrons. The second-order valence-corrected chi connectivity index (χ2v) is 26.3. The molecular weight excluding hydrogens is 906 g/mol. The average Bonchev–Trinajstić information content (AvgIpc) is 3.76. The van der Waals surface area contributed by atoms with Crippen molar-refractivity contribution in [3.05, 3.63) is 209 Å². The molecule has 4 aliphatic rings. The molecule has 0 radical (unpaired) electrons. The van der Waals surface area contributed by atoms with E-state index in [1.165, 1.54) is 117 Å². The van der Waals surface area contributed by atoms with Crippen molar-refractivity contribution >= 4 is 63.1 Å². The largest absolute Gasteiger partial charge is 0.334 e. The number of hydrogen-bond acceptors (Lipinski definition) is 2. The van der Waals surface area contributed by atoms with Crippen LogP contribution in [0.15, 0.2) is 181 Å². The first kappa shape index (κ1) is 48.9. The van der Waals surface area contributed by atoms with Crippen molar-refractivity contribution in [2.24, 2.45) is 5.41 Å². The summed E-state index contributed by atoms with van der Waals surface area (Å²) < 4.78 is 2.69. The van der Waals surface area contributed by atoms with Crippen molar-refractivity contribution in [2.45, 2.75) is 131 Å². The van der Waals surface area contributed by atoms with Crippen LogP contribution in [0.2, 0.25) is 0 Å². The summed E-state index contributed by atoms with van der Waals surface area (Å²) in [6, 6.07) is 58.8. The second-order valence-electron chi connectivity index (χ2n) is 26.3. The van der Waals surface area contributed by atoms with Gasteiger partial charge in [0.25, 0.3) is 0 Å². The lowest BCUT2D eigenvalue weighted by Crippen LogP contribution is -2.60. The quantitative estimate of drug-likeness (QED) is 0.159. The van der Waals surface area contributed by atoms with Gasteiger partial charge in [-0.25, -0.2) is 0 Å². The van der Waals surface area contributed by atoms with E-state index < -0.39 is 0 Å². The smallest absolute Gasteiger partial charge is 0.247 e. The van der Waals surface area contributed by atoms with Crippen LogP contribution in [0.5, 0.6) is 0 Å². The molecule has 3 nitrogen and oxygen atoms in total. The molecular formula is C71H74BN3. The number of fused-ring (bicyclic) bond motifs is 7. The second kappa shape index (κ2) is 17.5. The lowest BCUT2D eigenvalue weighted by atomic mass is 9.31. The maximum atomic E-state index is 2.77. The zero-order valence-corrected chi connectivity index (χ0v) is 46.7. The van der Waals surface area contributed by atoms with E-state index in [1.807, 2.05) is 0 Å². The Kier molecular flexibility index (Phi) is 11.4. The average molecular weight is 980 g/mol. The number of anilines is 5. The Balaban J connectivity index is 1.24. The minimum absolute atomic E-state index is 0.00289. The fourth-order valence-electron chi connectivity index (χ4n) is 12.9. The third-order valence-corrected chi connectivity index (χ3v) is 17.1. The summed E-state index contributed by atoms with van der Waals surface area (Å²) in [6.07, 6.45) is 11.7. The first-order valence-electron chi connectivity index (χ1n) is 27.7. The number of allylic oxidation sites excluding steroid dienone is 3. The number of hydrogen-bond donors (Lipinski definition) is 0. The molecule has 0 fully saturated rings. The molecule has 1 aromatic heterocycles. The van der Waals surface area contributed by atoms with Crippen LogP contribution < -0.4 is 20.7 Å². The van der Waals surface area contributed by atoms with Crippen LogP contribution in [-0.4, -0.2) is 17.3 Å². The maximum absolute atomic E-state index is 2.77. The molecule has 75 heavy (non-hydrogen) atoms. The molecule has 4 heteroatoms. The summed E-state index contributed by atoms with van der Waals surface area (Å²) in [5.41, 5.74) is 26.0. The zero-order valence-electron chi connectivity index (χ0n) is 46.7. The van der Waals surface area contributed by atoms with E-state index in [-0.39, 0.29) is 34.4 Å². The third-order valence-electron chi connectivity index (χ3n) is 17.1. The molecule has 12 rings (SSSR count). The topological polar surface area (TPSA) is 11.4 Å². The molecule has 2 aliphatic heterocycles. The Morgan fingerprint density at radius 3 is 1.71 bits per heavy atom. The number of rotatable bonds is 5. The first-order valence-corrected chi connectivity index (χ1v) is 27.7. The van der Waals surface area contributed by atoms with Crippen LogP contribution in [0.4, 0.5) is 28.4 Å². The van der Waals surface area contributed by atoms with Crippen molar-refractivity contribution < 1.29 is 0 Å². The highest BCUT2D eigenvalue weighted by Gasteiger charge is 2.48. The highest BCUT2D eigenvalue weighted by molar-refractivity contribution is 6.95.